The number of carbonyl (C=O) groups is 1. The highest BCUT2D eigenvalue weighted by Crippen LogP contribution is 2.13. The zero-order valence-electron chi connectivity index (χ0n) is 7.62. The number of ether oxygens (including phenoxy) is 1. The Morgan fingerprint density at radius 2 is 2.17 bits per heavy atom. The Morgan fingerprint density at radius 1 is 1.50 bits per heavy atom. The first-order valence-corrected chi connectivity index (χ1v) is 4.19. The molecule has 1 heterocycles. The van der Waals surface area contributed by atoms with E-state index in [0.29, 0.717) is 6.61 Å². The summed E-state index contributed by atoms with van der Waals surface area (Å²) in [5.74, 6) is 0.0434. The molecule has 0 radical (unpaired) electrons. The molecule has 0 aromatic carbocycles. The summed E-state index contributed by atoms with van der Waals surface area (Å²) in [6, 6.07) is 0.108. The van der Waals surface area contributed by atoms with Gasteiger partial charge in [0.25, 0.3) is 5.91 Å². The number of hydrogen-bond donors (Lipinski definition) is 1. The molecule has 4 nitrogen and oxygen atoms in total. The predicted molar refractivity (Wildman–Crippen MR) is 45.6 cm³/mol. The van der Waals surface area contributed by atoms with Crippen LogP contribution in [-0.4, -0.2) is 43.7 Å². The van der Waals surface area contributed by atoms with Crippen LogP contribution in [0.25, 0.3) is 0 Å². The fourth-order valence-electron chi connectivity index (χ4n) is 1.25. The van der Waals surface area contributed by atoms with Crippen molar-refractivity contribution >= 4 is 5.91 Å². The average molecular weight is 172 g/mol. The van der Waals surface area contributed by atoms with E-state index in [4.69, 9.17) is 10.5 Å². The average Bonchev–Trinajstić information content (AvgIpc) is 2.04. The maximum absolute atomic E-state index is 11.4. The summed E-state index contributed by atoms with van der Waals surface area (Å²) >= 11 is 0. The van der Waals surface area contributed by atoms with Crippen molar-refractivity contribution in [1.82, 2.24) is 4.90 Å². The largest absolute Gasteiger partial charge is 0.367 e. The SMILES string of the molecule is CN(C)C(=O)[C@@H]1CC[C@@H](N)CO1. The Bertz CT molecular complexity index is 162. The van der Waals surface area contributed by atoms with E-state index in [1.807, 2.05) is 0 Å². The van der Waals surface area contributed by atoms with Crippen LogP contribution in [0.3, 0.4) is 0 Å². The molecule has 0 aromatic rings. The highest BCUT2D eigenvalue weighted by atomic mass is 16.5. The minimum Gasteiger partial charge on any atom is -0.367 e. The van der Waals surface area contributed by atoms with Gasteiger partial charge in [-0.15, -0.1) is 0 Å². The molecule has 70 valence electrons. The minimum atomic E-state index is -0.264. The van der Waals surface area contributed by atoms with Crippen molar-refractivity contribution in [2.45, 2.75) is 25.0 Å². The lowest BCUT2D eigenvalue weighted by Gasteiger charge is -2.27. The Labute approximate surface area is 72.7 Å². The summed E-state index contributed by atoms with van der Waals surface area (Å²) in [5, 5.41) is 0. The standard InChI is InChI=1S/C8H16N2O2/c1-10(2)8(11)7-4-3-6(9)5-12-7/h6-7H,3-5,9H2,1-2H3/t6-,7+/m1/s1. The van der Waals surface area contributed by atoms with Crippen molar-refractivity contribution in [2.75, 3.05) is 20.7 Å². The normalized spacial score (nSPS) is 29.9. The van der Waals surface area contributed by atoms with Gasteiger partial charge >= 0.3 is 0 Å². The Kier molecular flexibility index (Phi) is 3.05. The van der Waals surface area contributed by atoms with Gasteiger partial charge in [0, 0.05) is 20.1 Å². The fraction of sp³-hybridized carbons (Fsp3) is 0.875. The van der Waals surface area contributed by atoms with E-state index < -0.39 is 0 Å². The predicted octanol–water partition coefficient (Wildman–Crippen LogP) is -0.419. The second-order valence-corrected chi connectivity index (χ2v) is 3.39. The molecule has 0 bridgehead atoms. The van der Waals surface area contributed by atoms with Gasteiger partial charge in [0.15, 0.2) is 0 Å². The molecular weight excluding hydrogens is 156 g/mol. The van der Waals surface area contributed by atoms with Crippen LogP contribution in [0.5, 0.6) is 0 Å². The molecular formula is C8H16N2O2. The van der Waals surface area contributed by atoms with Crippen LogP contribution >= 0.6 is 0 Å². The summed E-state index contributed by atoms with van der Waals surface area (Å²) in [5.41, 5.74) is 5.62. The fourth-order valence-corrected chi connectivity index (χ4v) is 1.25. The molecule has 0 aliphatic carbocycles. The summed E-state index contributed by atoms with van der Waals surface area (Å²) < 4.78 is 5.30. The van der Waals surface area contributed by atoms with E-state index in [1.54, 1.807) is 19.0 Å². The molecule has 12 heavy (non-hydrogen) atoms. The number of amides is 1. The smallest absolute Gasteiger partial charge is 0.251 e. The zero-order chi connectivity index (χ0) is 9.14. The number of nitrogens with two attached hydrogens (primary N) is 1. The molecule has 0 saturated carbocycles. The van der Waals surface area contributed by atoms with Crippen LogP contribution in [0.4, 0.5) is 0 Å². The Hall–Kier alpha value is -0.610. The maximum atomic E-state index is 11.4. The molecule has 1 amide bonds. The van der Waals surface area contributed by atoms with Gasteiger partial charge in [-0.2, -0.15) is 0 Å². The molecule has 4 heteroatoms. The van der Waals surface area contributed by atoms with Crippen molar-refractivity contribution in [2.24, 2.45) is 5.73 Å². The molecule has 1 saturated heterocycles. The van der Waals surface area contributed by atoms with Crippen LogP contribution in [0.15, 0.2) is 0 Å². The minimum absolute atomic E-state index is 0.0434. The lowest BCUT2D eigenvalue weighted by molar-refractivity contribution is -0.144. The van der Waals surface area contributed by atoms with Gasteiger partial charge in [-0.25, -0.2) is 0 Å². The van der Waals surface area contributed by atoms with E-state index in [-0.39, 0.29) is 18.1 Å². The van der Waals surface area contributed by atoms with E-state index in [1.165, 1.54) is 0 Å². The number of hydrogen-bond acceptors (Lipinski definition) is 3. The molecule has 2 N–H and O–H groups in total. The van der Waals surface area contributed by atoms with E-state index in [9.17, 15) is 4.79 Å². The summed E-state index contributed by atoms with van der Waals surface area (Å²) in [4.78, 5) is 12.9. The van der Waals surface area contributed by atoms with Crippen molar-refractivity contribution in [3.05, 3.63) is 0 Å². The molecule has 0 unspecified atom stereocenters. The number of nitrogens with zero attached hydrogens (tertiary/aromatic N) is 1. The van der Waals surface area contributed by atoms with Gasteiger partial charge < -0.3 is 15.4 Å². The first kappa shape index (κ1) is 9.48. The summed E-state index contributed by atoms with van der Waals surface area (Å²) in [6.45, 7) is 0.504. The molecule has 2 atom stereocenters. The van der Waals surface area contributed by atoms with Crippen LogP contribution in [0.1, 0.15) is 12.8 Å². The molecule has 0 spiro atoms. The molecule has 1 aliphatic rings. The van der Waals surface area contributed by atoms with Crippen LogP contribution in [-0.2, 0) is 9.53 Å². The molecule has 1 rings (SSSR count). The topological polar surface area (TPSA) is 55.6 Å². The van der Waals surface area contributed by atoms with Crippen LogP contribution < -0.4 is 5.73 Å². The second-order valence-electron chi connectivity index (χ2n) is 3.39. The Balaban J connectivity index is 2.39. The first-order valence-electron chi connectivity index (χ1n) is 4.19. The van der Waals surface area contributed by atoms with E-state index in [0.717, 1.165) is 12.8 Å². The molecule has 1 fully saturated rings. The molecule has 1 aliphatic heterocycles. The lowest BCUT2D eigenvalue weighted by Crippen LogP contribution is -2.43. The summed E-state index contributed by atoms with van der Waals surface area (Å²) in [6.07, 6.45) is 1.36. The van der Waals surface area contributed by atoms with Crippen molar-refractivity contribution in [3.63, 3.8) is 0 Å². The van der Waals surface area contributed by atoms with E-state index >= 15 is 0 Å². The van der Waals surface area contributed by atoms with Gasteiger partial charge in [0.05, 0.1) is 6.61 Å². The highest BCUT2D eigenvalue weighted by molar-refractivity contribution is 5.80. The summed E-state index contributed by atoms with van der Waals surface area (Å²) in [7, 11) is 3.47. The van der Waals surface area contributed by atoms with Crippen molar-refractivity contribution < 1.29 is 9.53 Å². The van der Waals surface area contributed by atoms with Crippen molar-refractivity contribution in [1.29, 1.82) is 0 Å². The number of likely N-dealkylation sites (N-methyl/N-ethyl adjacent to an activating group) is 1. The van der Waals surface area contributed by atoms with Crippen LogP contribution in [0.2, 0.25) is 0 Å². The highest BCUT2D eigenvalue weighted by Gasteiger charge is 2.26. The van der Waals surface area contributed by atoms with Gasteiger partial charge in [-0.3, -0.25) is 4.79 Å². The third-order valence-corrected chi connectivity index (χ3v) is 2.03. The maximum Gasteiger partial charge on any atom is 0.251 e. The third-order valence-electron chi connectivity index (χ3n) is 2.03. The second kappa shape index (κ2) is 3.87. The van der Waals surface area contributed by atoms with Crippen molar-refractivity contribution in [3.8, 4) is 0 Å². The zero-order valence-corrected chi connectivity index (χ0v) is 7.62. The lowest BCUT2D eigenvalue weighted by atomic mass is 10.1. The first-order chi connectivity index (χ1) is 5.61. The van der Waals surface area contributed by atoms with Gasteiger partial charge in [-0.05, 0) is 12.8 Å². The molecule has 0 aromatic heterocycles. The third kappa shape index (κ3) is 2.19. The Morgan fingerprint density at radius 3 is 2.58 bits per heavy atom. The number of rotatable bonds is 1. The van der Waals surface area contributed by atoms with E-state index in [2.05, 4.69) is 0 Å². The van der Waals surface area contributed by atoms with Crippen LogP contribution in [0, 0.1) is 0 Å². The number of carbonyl (C=O) groups excluding carboxylic acids is 1. The van der Waals surface area contributed by atoms with Gasteiger partial charge in [0.1, 0.15) is 6.10 Å². The quantitative estimate of drug-likeness (QED) is 0.584. The van der Waals surface area contributed by atoms with Gasteiger partial charge in [-0.1, -0.05) is 0 Å². The monoisotopic (exact) mass is 172 g/mol. The van der Waals surface area contributed by atoms with Gasteiger partial charge in [0.2, 0.25) is 0 Å².